The summed E-state index contributed by atoms with van der Waals surface area (Å²) in [5.74, 6) is -0.177. The van der Waals surface area contributed by atoms with Crippen LogP contribution in [0.5, 0.6) is 0 Å². The molecule has 2 aromatic rings. The summed E-state index contributed by atoms with van der Waals surface area (Å²) in [5, 5.41) is 10.9. The molecule has 6 rings (SSSR count). The van der Waals surface area contributed by atoms with E-state index >= 15 is 0 Å². The second kappa shape index (κ2) is 17.3. The molecule has 2 saturated heterocycles. The maximum Gasteiger partial charge on any atom is 0.243 e. The standard InChI is InChI=1S/C36H51ClN6O7S/c1-51(47,48)42-29(14-9-23-15-17-38-18-16-23)36(46)43-21-28(49-22-25-7-12-27(37)13-8-25)20-31(43)34(45)39-30(19-24-5-3-2-4-6-24)32(44)33-40-35(50-41-33)26-10-11-26/h7-8,12-13,23-24,26,28-31,38,42H,2-6,9-11,14-22H2,1H3,(H,39,45)/t28-,29-,30+,31+/m1/s1. The highest BCUT2D eigenvalue weighted by Crippen LogP contribution is 2.39. The quantitative estimate of drug-likeness (QED) is 0.212. The van der Waals surface area contributed by atoms with Crippen molar-refractivity contribution in [1.29, 1.82) is 0 Å². The summed E-state index contributed by atoms with van der Waals surface area (Å²) < 4.78 is 39.2. The Morgan fingerprint density at radius 2 is 1.75 bits per heavy atom. The number of likely N-dealkylation sites (tertiary alicyclic amines) is 1. The van der Waals surface area contributed by atoms with Crippen molar-refractivity contribution >= 4 is 39.2 Å². The van der Waals surface area contributed by atoms with Gasteiger partial charge in [-0.1, -0.05) is 61.0 Å². The fraction of sp³-hybridized carbons (Fsp3) is 0.694. The predicted molar refractivity (Wildman–Crippen MR) is 190 cm³/mol. The summed E-state index contributed by atoms with van der Waals surface area (Å²) in [7, 11) is -3.75. The largest absolute Gasteiger partial charge is 0.372 e. The number of amides is 2. The molecule has 1 aromatic carbocycles. The Labute approximate surface area is 305 Å². The van der Waals surface area contributed by atoms with Crippen molar-refractivity contribution in [2.24, 2.45) is 11.8 Å². The number of carbonyl (C=O) groups excluding carboxylic acids is 3. The molecule has 2 amide bonds. The van der Waals surface area contributed by atoms with Gasteiger partial charge in [-0.2, -0.15) is 4.98 Å². The Morgan fingerprint density at radius 3 is 2.43 bits per heavy atom. The zero-order valence-corrected chi connectivity index (χ0v) is 30.9. The van der Waals surface area contributed by atoms with E-state index in [1.165, 1.54) is 4.90 Å². The number of halogens is 1. The lowest BCUT2D eigenvalue weighted by Gasteiger charge is -2.31. The molecule has 0 unspecified atom stereocenters. The van der Waals surface area contributed by atoms with Crippen molar-refractivity contribution in [1.82, 2.24) is 30.4 Å². The van der Waals surface area contributed by atoms with Gasteiger partial charge in [-0.25, -0.2) is 13.1 Å². The third kappa shape index (κ3) is 10.8. The Bertz CT molecular complexity index is 1610. The van der Waals surface area contributed by atoms with Crippen LogP contribution < -0.4 is 15.4 Å². The average molecular weight is 747 g/mol. The number of Topliss-reactive ketones (excluding diaryl/α,β-unsaturated/α-hetero) is 1. The van der Waals surface area contributed by atoms with E-state index in [9.17, 15) is 22.8 Å². The fourth-order valence-corrected chi connectivity index (χ4v) is 8.57. The highest BCUT2D eigenvalue weighted by atomic mass is 35.5. The van der Waals surface area contributed by atoms with Crippen molar-refractivity contribution < 1.29 is 32.1 Å². The molecule has 15 heteroatoms. The minimum absolute atomic E-state index is 0.0446. The van der Waals surface area contributed by atoms with E-state index in [-0.39, 0.29) is 37.2 Å². The molecule has 4 aliphatic rings. The van der Waals surface area contributed by atoms with Gasteiger partial charge < -0.3 is 24.8 Å². The van der Waals surface area contributed by atoms with Gasteiger partial charge in [0.25, 0.3) is 0 Å². The summed E-state index contributed by atoms with van der Waals surface area (Å²) in [4.78, 5) is 48.4. The molecule has 2 saturated carbocycles. The Balaban J connectivity index is 1.22. The molecule has 1 aromatic heterocycles. The molecule has 2 aliphatic heterocycles. The van der Waals surface area contributed by atoms with Crippen molar-refractivity contribution in [2.75, 3.05) is 25.9 Å². The number of piperidine rings is 1. The van der Waals surface area contributed by atoms with Gasteiger partial charge in [-0.15, -0.1) is 0 Å². The van der Waals surface area contributed by atoms with E-state index in [0.29, 0.717) is 36.1 Å². The summed E-state index contributed by atoms with van der Waals surface area (Å²) in [6.07, 6.45) is 11.1. The number of aromatic nitrogens is 2. The fourth-order valence-electron chi connectivity index (χ4n) is 7.71. The van der Waals surface area contributed by atoms with Crippen LogP contribution in [0.25, 0.3) is 0 Å². The smallest absolute Gasteiger partial charge is 0.243 e. The molecule has 3 heterocycles. The lowest BCUT2D eigenvalue weighted by Crippen LogP contribution is -2.55. The maximum atomic E-state index is 14.3. The third-order valence-electron chi connectivity index (χ3n) is 10.7. The van der Waals surface area contributed by atoms with E-state index in [0.717, 1.165) is 82.7 Å². The molecule has 4 fully saturated rings. The maximum absolute atomic E-state index is 14.3. The Morgan fingerprint density at radius 1 is 1.02 bits per heavy atom. The van der Waals surface area contributed by atoms with Gasteiger partial charge in [-0.05, 0) is 87.6 Å². The topological polar surface area (TPSA) is 173 Å². The molecule has 0 bridgehead atoms. The highest BCUT2D eigenvalue weighted by Gasteiger charge is 2.44. The van der Waals surface area contributed by atoms with Gasteiger partial charge in [0.15, 0.2) is 0 Å². The first-order chi connectivity index (χ1) is 24.5. The third-order valence-corrected chi connectivity index (χ3v) is 11.7. The summed E-state index contributed by atoms with van der Waals surface area (Å²) in [6.45, 7) is 2.10. The molecule has 0 radical (unpaired) electrons. The minimum atomic E-state index is -3.75. The van der Waals surface area contributed by atoms with Crippen LogP contribution >= 0.6 is 11.6 Å². The van der Waals surface area contributed by atoms with Crippen LogP contribution in [0.4, 0.5) is 0 Å². The van der Waals surface area contributed by atoms with Gasteiger partial charge in [0.05, 0.1) is 25.0 Å². The number of nitrogens with zero attached hydrogens (tertiary/aromatic N) is 3. The molecule has 4 atom stereocenters. The minimum Gasteiger partial charge on any atom is -0.372 e. The van der Waals surface area contributed by atoms with Crippen LogP contribution in [0.3, 0.4) is 0 Å². The first-order valence-corrected chi connectivity index (χ1v) is 20.8. The van der Waals surface area contributed by atoms with Crippen LogP contribution in [0, 0.1) is 11.8 Å². The monoisotopic (exact) mass is 746 g/mol. The molecular formula is C36H51ClN6O7S. The van der Waals surface area contributed by atoms with E-state index in [1.807, 2.05) is 12.1 Å². The SMILES string of the molecule is CS(=O)(=O)N[C@H](CCC1CCNCC1)C(=O)N1C[C@H](OCc2ccc(Cl)cc2)C[C@H]1C(=O)N[C@@H](CC1CCCCC1)C(=O)c1noc(C2CC2)n1. The van der Waals surface area contributed by atoms with Crippen molar-refractivity contribution in [3.63, 3.8) is 0 Å². The van der Waals surface area contributed by atoms with Gasteiger partial charge in [0.1, 0.15) is 12.1 Å². The number of hydrogen-bond donors (Lipinski definition) is 3. The lowest BCUT2D eigenvalue weighted by molar-refractivity contribution is -0.140. The van der Waals surface area contributed by atoms with Crippen LogP contribution in [0.15, 0.2) is 28.8 Å². The lowest BCUT2D eigenvalue weighted by atomic mass is 9.84. The number of hydrogen-bond acceptors (Lipinski definition) is 10. The molecule has 2 aliphatic carbocycles. The Hall–Kier alpha value is -2.91. The number of rotatable bonds is 16. The predicted octanol–water partition coefficient (Wildman–Crippen LogP) is 4.12. The van der Waals surface area contributed by atoms with E-state index in [2.05, 4.69) is 25.5 Å². The normalized spacial score (nSPS) is 23.2. The highest BCUT2D eigenvalue weighted by molar-refractivity contribution is 7.88. The van der Waals surface area contributed by atoms with E-state index in [4.69, 9.17) is 20.9 Å². The number of ether oxygens (including phenoxy) is 1. The van der Waals surface area contributed by atoms with Gasteiger partial charge in [0, 0.05) is 23.9 Å². The van der Waals surface area contributed by atoms with Gasteiger partial charge >= 0.3 is 0 Å². The summed E-state index contributed by atoms with van der Waals surface area (Å²) in [6, 6.07) is 4.32. The van der Waals surface area contributed by atoms with Gasteiger partial charge in [0.2, 0.25) is 39.3 Å². The van der Waals surface area contributed by atoms with Crippen molar-refractivity contribution in [3.8, 4) is 0 Å². The number of carbonyl (C=O) groups is 3. The second-order valence-corrected chi connectivity index (χ2v) is 17.1. The van der Waals surface area contributed by atoms with Crippen molar-refractivity contribution in [2.45, 2.75) is 120 Å². The summed E-state index contributed by atoms with van der Waals surface area (Å²) in [5.41, 5.74) is 0.882. The zero-order valence-electron chi connectivity index (χ0n) is 29.4. The average Bonchev–Trinajstić information content (AvgIpc) is 3.69. The Kier molecular flexibility index (Phi) is 12.8. The molecule has 13 nitrogen and oxygen atoms in total. The first kappa shape index (κ1) is 37.8. The van der Waals surface area contributed by atoms with E-state index < -0.39 is 51.9 Å². The summed E-state index contributed by atoms with van der Waals surface area (Å²) >= 11 is 6.06. The molecular weight excluding hydrogens is 696 g/mol. The molecule has 280 valence electrons. The first-order valence-electron chi connectivity index (χ1n) is 18.5. The molecule has 51 heavy (non-hydrogen) atoms. The van der Waals surface area contributed by atoms with Crippen LogP contribution in [-0.4, -0.2) is 91.2 Å². The second-order valence-electron chi connectivity index (χ2n) is 14.9. The molecule has 0 spiro atoms. The molecule has 3 N–H and O–H groups in total. The van der Waals surface area contributed by atoms with Crippen molar-refractivity contribution in [3.05, 3.63) is 46.6 Å². The van der Waals surface area contributed by atoms with Crippen LogP contribution in [0.1, 0.15) is 111 Å². The number of nitrogens with one attached hydrogen (secondary N) is 3. The number of sulfonamides is 1. The van der Waals surface area contributed by atoms with E-state index in [1.54, 1.807) is 12.1 Å². The zero-order chi connectivity index (χ0) is 36.0. The van der Waals surface area contributed by atoms with Gasteiger partial charge in [-0.3, -0.25) is 14.4 Å². The van der Waals surface area contributed by atoms with Crippen LogP contribution in [0.2, 0.25) is 5.02 Å². The van der Waals surface area contributed by atoms with Crippen LogP contribution in [-0.2, 0) is 31.0 Å². The number of ketones is 1. The number of benzene rings is 1.